The largest absolute Gasteiger partial charge is 0.481 e. The molecule has 1 unspecified atom stereocenters. The quantitative estimate of drug-likeness (QED) is 0.697. The number of rotatable bonds is 5. The van der Waals surface area contributed by atoms with Crippen LogP contribution in [0, 0.1) is 11.3 Å². The van der Waals surface area contributed by atoms with Crippen molar-refractivity contribution < 1.29 is 22.7 Å². The molecule has 0 saturated carbocycles. The number of hydrogen-bond acceptors (Lipinski definition) is 4. The van der Waals surface area contributed by atoms with E-state index in [1.54, 1.807) is 6.07 Å². The van der Waals surface area contributed by atoms with Gasteiger partial charge in [0.1, 0.15) is 5.75 Å². The first-order valence-corrected chi connectivity index (χ1v) is 8.47. The van der Waals surface area contributed by atoms with Crippen LogP contribution < -0.4 is 10.1 Å². The number of benzene rings is 2. The molecule has 0 bridgehead atoms. The number of hydrogen-bond donors (Lipinski definition) is 1. The van der Waals surface area contributed by atoms with Crippen molar-refractivity contribution in [3.8, 4) is 17.5 Å². The molecule has 29 heavy (non-hydrogen) atoms. The van der Waals surface area contributed by atoms with E-state index in [-0.39, 0.29) is 11.4 Å². The molecule has 9 heteroatoms. The van der Waals surface area contributed by atoms with Gasteiger partial charge in [0, 0.05) is 12.4 Å². The molecule has 1 aromatic heterocycles. The van der Waals surface area contributed by atoms with Crippen LogP contribution in [0.15, 0.2) is 60.9 Å². The molecule has 1 amide bonds. The minimum atomic E-state index is -4.68. The van der Waals surface area contributed by atoms with Crippen molar-refractivity contribution in [3.63, 3.8) is 0 Å². The third-order valence-electron chi connectivity index (χ3n) is 4.00. The van der Waals surface area contributed by atoms with E-state index < -0.39 is 23.8 Å². The first-order valence-electron chi connectivity index (χ1n) is 8.47. The summed E-state index contributed by atoms with van der Waals surface area (Å²) in [6, 6.07) is 13.1. The van der Waals surface area contributed by atoms with E-state index in [1.807, 2.05) is 6.07 Å². The molecule has 1 heterocycles. The summed E-state index contributed by atoms with van der Waals surface area (Å²) in [4.78, 5) is 12.4. The maximum absolute atomic E-state index is 13.5. The number of carbonyl (C=O) groups excluding carboxylic acids is 1. The van der Waals surface area contributed by atoms with Crippen LogP contribution in [0.3, 0.4) is 0 Å². The van der Waals surface area contributed by atoms with Crippen LogP contribution in [0.5, 0.6) is 5.75 Å². The van der Waals surface area contributed by atoms with Gasteiger partial charge in [-0.25, -0.2) is 4.68 Å². The topological polar surface area (TPSA) is 79.9 Å². The van der Waals surface area contributed by atoms with Gasteiger partial charge in [-0.2, -0.15) is 23.5 Å². The van der Waals surface area contributed by atoms with Gasteiger partial charge in [0.15, 0.2) is 6.10 Å². The predicted octanol–water partition coefficient (Wildman–Crippen LogP) is 4.17. The number of anilines is 1. The Bertz CT molecular complexity index is 1040. The highest BCUT2D eigenvalue weighted by molar-refractivity contribution is 5.95. The molecule has 6 nitrogen and oxygen atoms in total. The second-order valence-corrected chi connectivity index (χ2v) is 6.06. The van der Waals surface area contributed by atoms with Gasteiger partial charge in [-0.3, -0.25) is 4.79 Å². The molecule has 3 rings (SSSR count). The van der Waals surface area contributed by atoms with Crippen molar-refractivity contribution in [2.45, 2.75) is 19.2 Å². The fraction of sp³-hybridized carbons (Fsp3) is 0.150. The summed E-state index contributed by atoms with van der Waals surface area (Å²) in [5.74, 6) is -0.427. The lowest BCUT2D eigenvalue weighted by Crippen LogP contribution is -2.31. The van der Waals surface area contributed by atoms with E-state index >= 15 is 0 Å². The predicted molar refractivity (Wildman–Crippen MR) is 98.4 cm³/mol. The summed E-state index contributed by atoms with van der Waals surface area (Å²) in [7, 11) is 0. The number of carbonyl (C=O) groups is 1. The molecular weight excluding hydrogens is 385 g/mol. The number of nitrogens with zero attached hydrogens (tertiary/aromatic N) is 3. The van der Waals surface area contributed by atoms with Gasteiger partial charge < -0.3 is 10.1 Å². The average Bonchev–Trinajstić information content (AvgIpc) is 3.22. The third-order valence-corrected chi connectivity index (χ3v) is 4.00. The van der Waals surface area contributed by atoms with Gasteiger partial charge in [0.2, 0.25) is 0 Å². The zero-order chi connectivity index (χ0) is 21.0. The van der Waals surface area contributed by atoms with Crippen LogP contribution in [0.25, 0.3) is 5.69 Å². The third kappa shape index (κ3) is 4.73. The lowest BCUT2D eigenvalue weighted by Gasteiger charge is -2.18. The van der Waals surface area contributed by atoms with Crippen molar-refractivity contribution in [1.82, 2.24) is 9.78 Å². The Morgan fingerprint density at radius 3 is 2.55 bits per heavy atom. The zero-order valence-electron chi connectivity index (χ0n) is 15.1. The zero-order valence-corrected chi connectivity index (χ0v) is 15.1. The van der Waals surface area contributed by atoms with Crippen LogP contribution in [-0.2, 0) is 11.0 Å². The number of amides is 1. The molecule has 0 radical (unpaired) electrons. The SMILES string of the molecule is CC(Oc1ccc(C#N)cc1)C(=O)Nc1ccc(-n2cccn2)cc1C(F)(F)F. The van der Waals surface area contributed by atoms with Crippen LogP contribution >= 0.6 is 0 Å². The van der Waals surface area contributed by atoms with E-state index in [9.17, 15) is 18.0 Å². The lowest BCUT2D eigenvalue weighted by atomic mass is 10.1. The summed E-state index contributed by atoms with van der Waals surface area (Å²) >= 11 is 0. The van der Waals surface area contributed by atoms with E-state index in [0.29, 0.717) is 11.3 Å². The van der Waals surface area contributed by atoms with Crippen LogP contribution in [0.2, 0.25) is 0 Å². The maximum Gasteiger partial charge on any atom is 0.418 e. The van der Waals surface area contributed by atoms with Gasteiger partial charge in [-0.15, -0.1) is 0 Å². The highest BCUT2D eigenvalue weighted by Crippen LogP contribution is 2.36. The summed E-state index contributed by atoms with van der Waals surface area (Å²) in [5.41, 5.74) is -0.748. The first kappa shape index (κ1) is 19.9. The maximum atomic E-state index is 13.5. The first-order chi connectivity index (χ1) is 13.8. The molecule has 148 valence electrons. The van der Waals surface area contributed by atoms with Gasteiger partial charge >= 0.3 is 6.18 Å². The second-order valence-electron chi connectivity index (χ2n) is 6.06. The molecule has 0 aliphatic heterocycles. The van der Waals surface area contributed by atoms with E-state index in [0.717, 1.165) is 6.07 Å². The smallest absolute Gasteiger partial charge is 0.418 e. The van der Waals surface area contributed by atoms with Crippen molar-refractivity contribution in [1.29, 1.82) is 5.26 Å². The van der Waals surface area contributed by atoms with Crippen LogP contribution in [-0.4, -0.2) is 21.8 Å². The average molecular weight is 400 g/mol. The number of aromatic nitrogens is 2. The molecule has 0 aliphatic rings. The van der Waals surface area contributed by atoms with Gasteiger partial charge in [0.25, 0.3) is 5.91 Å². The molecule has 0 saturated heterocycles. The number of halogens is 3. The van der Waals surface area contributed by atoms with Crippen LogP contribution in [0.1, 0.15) is 18.1 Å². The number of nitrogens with one attached hydrogen (secondary N) is 1. The Labute approximate surface area is 164 Å². The van der Waals surface area contributed by atoms with Gasteiger partial charge in [-0.05, 0) is 55.5 Å². The highest BCUT2D eigenvalue weighted by Gasteiger charge is 2.35. The van der Waals surface area contributed by atoms with Crippen molar-refractivity contribution in [2.75, 3.05) is 5.32 Å². The minimum Gasteiger partial charge on any atom is -0.481 e. The van der Waals surface area contributed by atoms with Crippen LogP contribution in [0.4, 0.5) is 18.9 Å². The molecule has 1 atom stereocenters. The van der Waals surface area contributed by atoms with Crippen molar-refractivity contribution in [2.24, 2.45) is 0 Å². The molecule has 0 fully saturated rings. The highest BCUT2D eigenvalue weighted by atomic mass is 19.4. The Hall–Kier alpha value is -3.80. The Kier molecular flexibility index (Phi) is 5.54. The molecule has 1 N–H and O–H groups in total. The van der Waals surface area contributed by atoms with Crippen molar-refractivity contribution >= 4 is 11.6 Å². The fourth-order valence-electron chi connectivity index (χ4n) is 2.54. The molecule has 0 spiro atoms. The molecule has 2 aromatic carbocycles. The molecular formula is C20H15F3N4O2. The normalized spacial score (nSPS) is 12.1. The van der Waals surface area contributed by atoms with Gasteiger partial charge in [0.05, 0.1) is 28.6 Å². The summed E-state index contributed by atoms with van der Waals surface area (Å²) in [5, 5.41) is 15.0. The Balaban J connectivity index is 1.78. The monoisotopic (exact) mass is 400 g/mol. The standard InChI is InChI=1S/C20H15F3N4O2/c1-13(29-16-6-3-14(12-24)4-7-16)19(28)26-18-8-5-15(27-10-2-9-25-27)11-17(18)20(21,22)23/h2-11,13H,1H3,(H,26,28). The fourth-order valence-corrected chi connectivity index (χ4v) is 2.54. The minimum absolute atomic E-state index is 0.210. The Morgan fingerprint density at radius 2 is 1.97 bits per heavy atom. The van der Waals surface area contributed by atoms with E-state index in [2.05, 4.69) is 10.4 Å². The van der Waals surface area contributed by atoms with E-state index in [4.69, 9.17) is 10.00 Å². The summed E-state index contributed by atoms with van der Waals surface area (Å²) in [6.07, 6.45) is -2.77. The number of ether oxygens (including phenoxy) is 1. The summed E-state index contributed by atoms with van der Waals surface area (Å²) < 4.78 is 47.2. The second kappa shape index (κ2) is 8.06. The van der Waals surface area contributed by atoms with Gasteiger partial charge in [-0.1, -0.05) is 0 Å². The summed E-state index contributed by atoms with van der Waals surface area (Å²) in [6.45, 7) is 1.42. The Morgan fingerprint density at radius 1 is 1.24 bits per heavy atom. The molecule has 0 aliphatic carbocycles. The molecule has 3 aromatic rings. The van der Waals surface area contributed by atoms with Crippen molar-refractivity contribution in [3.05, 3.63) is 72.1 Å². The van der Waals surface area contributed by atoms with E-state index in [1.165, 1.54) is 60.4 Å². The lowest BCUT2D eigenvalue weighted by molar-refractivity contribution is -0.137. The number of alkyl halides is 3. The number of nitriles is 1.